The van der Waals surface area contributed by atoms with E-state index in [1.165, 1.54) is 199 Å². The summed E-state index contributed by atoms with van der Waals surface area (Å²) >= 11 is 0. The van der Waals surface area contributed by atoms with Gasteiger partial charge in [0, 0.05) is 6.42 Å². The van der Waals surface area contributed by atoms with Crippen LogP contribution in [0.3, 0.4) is 0 Å². The Bertz CT molecular complexity index is 821. The Balaban J connectivity index is 4.43. The van der Waals surface area contributed by atoms with Gasteiger partial charge in [0.2, 0.25) is 5.91 Å². The Kier molecular flexibility index (Phi) is 45.0. The van der Waals surface area contributed by atoms with Crippen molar-refractivity contribution in [3.63, 3.8) is 0 Å². The Hall–Kier alpha value is -1.14. The molecule has 0 aromatic heterocycles. The maximum Gasteiger partial charge on any atom is 0.306 e. The molecule has 3 N–H and O–H groups in total. The van der Waals surface area contributed by atoms with E-state index in [0.717, 1.165) is 44.9 Å². The maximum absolute atomic E-state index is 13.2. The summed E-state index contributed by atoms with van der Waals surface area (Å²) in [5.74, 6) is -0.455. The third-order valence-corrected chi connectivity index (χ3v) is 12.2. The van der Waals surface area contributed by atoms with Crippen molar-refractivity contribution >= 4 is 11.9 Å². The van der Waals surface area contributed by atoms with E-state index >= 15 is 0 Å². The SMILES string of the molecule is CCCCCCCCCCCCCCCCCCC(O)C(CO)NC(=O)CC(CCCCCCCCCCCCCCC)OC(=O)CCCCCCCCCCC. The highest BCUT2D eigenvalue weighted by atomic mass is 16.5. The molecule has 0 heterocycles. The predicted octanol–water partition coefficient (Wildman–Crippen LogP) is 15.2. The first-order chi connectivity index (χ1) is 28.0. The number of nitrogens with one attached hydrogen (secondary N) is 1. The van der Waals surface area contributed by atoms with Gasteiger partial charge in [0.25, 0.3) is 0 Å². The molecule has 0 aliphatic carbocycles. The zero-order valence-corrected chi connectivity index (χ0v) is 38.8. The standard InChI is InChI=1S/C51H101NO5/c1-4-7-10-13-16-19-21-23-24-25-27-29-32-34-37-40-43-49(54)48(46-53)52-50(55)45-47(57-51(56)44-41-38-35-30-18-15-12-9-6-3)42-39-36-33-31-28-26-22-20-17-14-11-8-5-2/h47-49,53-54H,4-46H2,1-3H3,(H,52,55). The van der Waals surface area contributed by atoms with E-state index in [1.807, 2.05) is 0 Å². The van der Waals surface area contributed by atoms with Crippen molar-refractivity contribution in [2.75, 3.05) is 6.61 Å². The lowest BCUT2D eigenvalue weighted by molar-refractivity contribution is -0.151. The fraction of sp³-hybridized carbons (Fsp3) is 0.961. The molecule has 6 heteroatoms. The van der Waals surface area contributed by atoms with E-state index in [4.69, 9.17) is 4.74 Å². The van der Waals surface area contributed by atoms with Gasteiger partial charge >= 0.3 is 5.97 Å². The number of carbonyl (C=O) groups is 2. The maximum atomic E-state index is 13.2. The number of rotatable bonds is 47. The lowest BCUT2D eigenvalue weighted by Gasteiger charge is -2.24. The summed E-state index contributed by atoms with van der Waals surface area (Å²) in [7, 11) is 0. The molecule has 0 radical (unpaired) electrons. The van der Waals surface area contributed by atoms with Gasteiger partial charge in [0.1, 0.15) is 6.10 Å². The number of hydrogen-bond donors (Lipinski definition) is 3. The van der Waals surface area contributed by atoms with Crippen LogP contribution in [0.1, 0.15) is 290 Å². The second-order valence-corrected chi connectivity index (χ2v) is 17.9. The first-order valence-corrected chi connectivity index (χ1v) is 25.8. The van der Waals surface area contributed by atoms with Crippen LogP contribution in [-0.4, -0.2) is 46.9 Å². The number of hydrogen-bond acceptors (Lipinski definition) is 5. The average molecular weight is 808 g/mol. The Morgan fingerprint density at radius 3 is 1.07 bits per heavy atom. The summed E-state index contributed by atoms with van der Waals surface area (Å²) in [6, 6.07) is -0.691. The highest BCUT2D eigenvalue weighted by Crippen LogP contribution is 2.19. The third kappa shape index (κ3) is 41.4. The van der Waals surface area contributed by atoms with Gasteiger partial charge in [-0.2, -0.15) is 0 Å². The van der Waals surface area contributed by atoms with Crippen molar-refractivity contribution in [1.82, 2.24) is 5.32 Å². The number of unbranched alkanes of at least 4 members (excludes halogenated alkanes) is 35. The fourth-order valence-corrected chi connectivity index (χ4v) is 8.26. The number of carbonyl (C=O) groups excluding carboxylic acids is 2. The molecule has 0 bridgehead atoms. The van der Waals surface area contributed by atoms with E-state index in [2.05, 4.69) is 26.1 Å². The molecule has 6 nitrogen and oxygen atoms in total. The van der Waals surface area contributed by atoms with Crippen LogP contribution < -0.4 is 5.32 Å². The molecule has 0 spiro atoms. The van der Waals surface area contributed by atoms with Crippen LogP contribution in [0.25, 0.3) is 0 Å². The van der Waals surface area contributed by atoms with Gasteiger partial charge < -0.3 is 20.3 Å². The quantitative estimate of drug-likeness (QED) is 0.0420. The highest BCUT2D eigenvalue weighted by Gasteiger charge is 2.24. The molecule has 0 rings (SSSR count). The fourth-order valence-electron chi connectivity index (χ4n) is 8.26. The van der Waals surface area contributed by atoms with Crippen molar-refractivity contribution < 1.29 is 24.5 Å². The molecule has 0 aliphatic heterocycles. The predicted molar refractivity (Wildman–Crippen MR) is 246 cm³/mol. The van der Waals surface area contributed by atoms with Crippen LogP contribution in [0, 0.1) is 0 Å². The molecule has 0 saturated heterocycles. The van der Waals surface area contributed by atoms with Crippen molar-refractivity contribution in [3.05, 3.63) is 0 Å². The van der Waals surface area contributed by atoms with Crippen molar-refractivity contribution in [2.24, 2.45) is 0 Å². The zero-order valence-electron chi connectivity index (χ0n) is 38.8. The number of aliphatic hydroxyl groups excluding tert-OH is 2. The van der Waals surface area contributed by atoms with Gasteiger partial charge in [0.05, 0.1) is 25.2 Å². The summed E-state index contributed by atoms with van der Waals surface area (Å²) in [4.78, 5) is 26.0. The van der Waals surface area contributed by atoms with Crippen LogP contribution >= 0.6 is 0 Å². The molecule has 3 atom stereocenters. The van der Waals surface area contributed by atoms with E-state index in [-0.39, 0.29) is 24.9 Å². The molecule has 0 aromatic carbocycles. The molecule has 0 fully saturated rings. The number of esters is 1. The van der Waals surface area contributed by atoms with E-state index in [0.29, 0.717) is 19.3 Å². The van der Waals surface area contributed by atoms with Crippen molar-refractivity contribution in [2.45, 2.75) is 309 Å². The normalized spacial score (nSPS) is 13.1. The number of aliphatic hydroxyl groups is 2. The summed E-state index contributed by atoms with van der Waals surface area (Å²) in [5, 5.41) is 23.8. The summed E-state index contributed by atoms with van der Waals surface area (Å²) in [6.45, 7) is 6.49. The summed E-state index contributed by atoms with van der Waals surface area (Å²) < 4.78 is 5.91. The molecule has 1 amide bonds. The monoisotopic (exact) mass is 808 g/mol. The molecule has 0 saturated carbocycles. The van der Waals surface area contributed by atoms with E-state index < -0.39 is 18.2 Å². The van der Waals surface area contributed by atoms with Crippen LogP contribution in [-0.2, 0) is 14.3 Å². The molecule has 0 aromatic rings. The average Bonchev–Trinajstić information content (AvgIpc) is 3.20. The van der Waals surface area contributed by atoms with Gasteiger partial charge in [-0.25, -0.2) is 0 Å². The van der Waals surface area contributed by atoms with Crippen LogP contribution in [0.5, 0.6) is 0 Å². The van der Waals surface area contributed by atoms with Gasteiger partial charge in [-0.1, -0.05) is 252 Å². The van der Waals surface area contributed by atoms with Crippen molar-refractivity contribution in [3.8, 4) is 0 Å². The van der Waals surface area contributed by atoms with Crippen LogP contribution in [0.4, 0.5) is 0 Å². The zero-order chi connectivity index (χ0) is 41.7. The van der Waals surface area contributed by atoms with E-state index in [1.54, 1.807) is 0 Å². The second-order valence-electron chi connectivity index (χ2n) is 17.9. The molecule has 57 heavy (non-hydrogen) atoms. The minimum absolute atomic E-state index is 0.0873. The van der Waals surface area contributed by atoms with Gasteiger partial charge in [-0.05, 0) is 25.7 Å². The van der Waals surface area contributed by atoms with Gasteiger partial charge in [0.15, 0.2) is 0 Å². The molecule has 340 valence electrons. The van der Waals surface area contributed by atoms with Gasteiger partial charge in [-0.3, -0.25) is 9.59 Å². The lowest BCUT2D eigenvalue weighted by Crippen LogP contribution is -2.46. The third-order valence-electron chi connectivity index (χ3n) is 12.2. The molecule has 0 aliphatic rings. The Labute approximate surface area is 356 Å². The molecule has 3 unspecified atom stereocenters. The summed E-state index contributed by atoms with van der Waals surface area (Å²) in [5.41, 5.74) is 0. The Morgan fingerprint density at radius 2 is 0.737 bits per heavy atom. The van der Waals surface area contributed by atoms with Crippen molar-refractivity contribution in [1.29, 1.82) is 0 Å². The Morgan fingerprint density at radius 1 is 0.439 bits per heavy atom. The molecular formula is C51H101NO5. The minimum atomic E-state index is -0.778. The topological polar surface area (TPSA) is 95.9 Å². The second kappa shape index (κ2) is 45.9. The number of amides is 1. The molecular weight excluding hydrogens is 707 g/mol. The highest BCUT2D eigenvalue weighted by molar-refractivity contribution is 5.77. The summed E-state index contributed by atoms with van der Waals surface area (Å²) in [6.07, 6.45) is 48.8. The first-order valence-electron chi connectivity index (χ1n) is 25.8. The minimum Gasteiger partial charge on any atom is -0.462 e. The largest absolute Gasteiger partial charge is 0.462 e. The van der Waals surface area contributed by atoms with Crippen LogP contribution in [0.15, 0.2) is 0 Å². The van der Waals surface area contributed by atoms with E-state index in [9.17, 15) is 19.8 Å². The van der Waals surface area contributed by atoms with Crippen LogP contribution in [0.2, 0.25) is 0 Å². The first kappa shape index (κ1) is 55.9. The van der Waals surface area contributed by atoms with Gasteiger partial charge in [-0.15, -0.1) is 0 Å². The number of ether oxygens (including phenoxy) is 1. The lowest BCUT2D eigenvalue weighted by atomic mass is 10.0. The smallest absolute Gasteiger partial charge is 0.306 e.